The van der Waals surface area contributed by atoms with E-state index in [9.17, 15) is 9.59 Å². The van der Waals surface area contributed by atoms with Gasteiger partial charge in [-0.25, -0.2) is 0 Å². The van der Waals surface area contributed by atoms with E-state index >= 15 is 0 Å². The van der Waals surface area contributed by atoms with Crippen molar-refractivity contribution in [3.8, 4) is 11.5 Å². The summed E-state index contributed by atoms with van der Waals surface area (Å²) in [4.78, 5) is 24.4. The smallest absolute Gasteiger partial charge is 0.220 e. The molecule has 2 N–H and O–H groups in total. The maximum absolute atomic E-state index is 12.3. The molecule has 0 fully saturated rings. The summed E-state index contributed by atoms with van der Waals surface area (Å²) in [7, 11) is 3.21. The van der Waals surface area contributed by atoms with Gasteiger partial charge in [0.2, 0.25) is 11.8 Å². The van der Waals surface area contributed by atoms with E-state index in [0.29, 0.717) is 50.1 Å². The van der Waals surface area contributed by atoms with Crippen molar-refractivity contribution in [3.05, 3.63) is 59.7 Å². The van der Waals surface area contributed by atoms with Crippen LogP contribution in [0.15, 0.2) is 48.5 Å². The average molecular weight is 441 g/mol. The molecule has 0 atom stereocenters. The third-order valence-electron chi connectivity index (χ3n) is 5.21. The Kier molecular flexibility index (Phi) is 10.1. The number of nitrogens with one attached hydrogen (secondary N) is 2. The fourth-order valence-electron chi connectivity index (χ4n) is 3.63. The first-order valence-electron chi connectivity index (χ1n) is 11.2. The summed E-state index contributed by atoms with van der Waals surface area (Å²) in [5, 5.41) is 6.04. The van der Waals surface area contributed by atoms with Gasteiger partial charge in [0.05, 0.1) is 14.2 Å². The monoisotopic (exact) mass is 440 g/mol. The molecule has 0 saturated heterocycles. The van der Waals surface area contributed by atoms with Gasteiger partial charge in [0, 0.05) is 24.9 Å². The minimum Gasteiger partial charge on any atom is -0.493 e. The Morgan fingerprint density at radius 3 is 2.16 bits per heavy atom. The van der Waals surface area contributed by atoms with Crippen LogP contribution in [0.4, 0.5) is 0 Å². The molecule has 2 amide bonds. The fourth-order valence-corrected chi connectivity index (χ4v) is 3.63. The van der Waals surface area contributed by atoms with Crippen molar-refractivity contribution < 1.29 is 19.1 Å². The number of carbonyl (C=O) groups excluding carboxylic acids is 2. The number of ether oxygens (including phenoxy) is 2. The van der Waals surface area contributed by atoms with Gasteiger partial charge in [-0.2, -0.15) is 0 Å². The number of methoxy groups -OCH3 is 2. The molecule has 0 aliphatic rings. The third-order valence-corrected chi connectivity index (χ3v) is 5.21. The maximum Gasteiger partial charge on any atom is 0.220 e. The molecule has 0 heterocycles. The van der Waals surface area contributed by atoms with Crippen molar-refractivity contribution in [2.45, 2.75) is 57.9 Å². The van der Waals surface area contributed by atoms with Crippen LogP contribution in [-0.2, 0) is 22.4 Å². The molecule has 2 rings (SSSR count). The van der Waals surface area contributed by atoms with E-state index in [0.717, 1.165) is 12.0 Å². The van der Waals surface area contributed by atoms with Crippen LogP contribution in [0, 0.1) is 0 Å². The van der Waals surface area contributed by atoms with E-state index in [-0.39, 0.29) is 17.4 Å². The van der Waals surface area contributed by atoms with Gasteiger partial charge in [-0.15, -0.1) is 0 Å². The lowest BCUT2D eigenvalue weighted by Crippen LogP contribution is -2.45. The van der Waals surface area contributed by atoms with Crippen LogP contribution in [0.25, 0.3) is 0 Å². The minimum absolute atomic E-state index is 0.00953. The van der Waals surface area contributed by atoms with Crippen molar-refractivity contribution in [2.24, 2.45) is 0 Å². The molecule has 2 aromatic rings. The number of amides is 2. The molecule has 0 saturated carbocycles. The SMILES string of the molecule is COc1ccc(CCNC(=O)CCCCC(=O)NC(C)(C)Cc2ccccc2)cc1OC. The van der Waals surface area contributed by atoms with E-state index < -0.39 is 0 Å². The second-order valence-corrected chi connectivity index (χ2v) is 8.59. The van der Waals surface area contributed by atoms with Crippen molar-refractivity contribution in [1.29, 1.82) is 0 Å². The first-order valence-corrected chi connectivity index (χ1v) is 11.2. The summed E-state index contributed by atoms with van der Waals surface area (Å²) in [6, 6.07) is 15.9. The molecule has 6 nitrogen and oxygen atoms in total. The van der Waals surface area contributed by atoms with E-state index in [1.165, 1.54) is 5.56 Å². The normalized spacial score (nSPS) is 11.0. The lowest BCUT2D eigenvalue weighted by atomic mass is 9.94. The summed E-state index contributed by atoms with van der Waals surface area (Å²) in [5.74, 6) is 1.41. The fraction of sp³-hybridized carbons (Fsp3) is 0.462. The first kappa shape index (κ1) is 25.2. The Morgan fingerprint density at radius 2 is 1.50 bits per heavy atom. The van der Waals surface area contributed by atoms with Gasteiger partial charge in [-0.3, -0.25) is 9.59 Å². The molecule has 0 aromatic heterocycles. The van der Waals surface area contributed by atoms with Gasteiger partial charge < -0.3 is 20.1 Å². The Balaban J connectivity index is 1.61. The van der Waals surface area contributed by atoms with Crippen molar-refractivity contribution in [1.82, 2.24) is 10.6 Å². The van der Waals surface area contributed by atoms with Gasteiger partial charge >= 0.3 is 0 Å². The highest BCUT2D eigenvalue weighted by atomic mass is 16.5. The molecule has 0 unspecified atom stereocenters. The molecular formula is C26H36N2O4. The van der Waals surface area contributed by atoms with E-state index in [1.807, 2.05) is 50.2 Å². The third kappa shape index (κ3) is 9.00. The predicted octanol–water partition coefficient (Wildman–Crippen LogP) is 4.06. The predicted molar refractivity (Wildman–Crippen MR) is 127 cm³/mol. The first-order chi connectivity index (χ1) is 15.3. The highest BCUT2D eigenvalue weighted by Crippen LogP contribution is 2.27. The molecule has 0 aliphatic carbocycles. The molecule has 0 bridgehead atoms. The van der Waals surface area contributed by atoms with Gasteiger partial charge in [-0.1, -0.05) is 36.4 Å². The lowest BCUT2D eigenvalue weighted by molar-refractivity contribution is -0.124. The molecule has 0 radical (unpaired) electrons. The summed E-state index contributed by atoms with van der Waals surface area (Å²) in [6.07, 6.45) is 3.72. The number of hydrogen-bond acceptors (Lipinski definition) is 4. The number of hydrogen-bond donors (Lipinski definition) is 2. The standard InChI is InChI=1S/C26H36N2O4/c1-26(2,19-21-10-6-5-7-11-21)28-25(30)13-9-8-12-24(29)27-17-16-20-14-15-22(31-3)23(18-20)32-4/h5-7,10-11,14-15,18H,8-9,12-13,16-17,19H2,1-4H3,(H,27,29)(H,28,30). The second-order valence-electron chi connectivity index (χ2n) is 8.59. The zero-order valence-electron chi connectivity index (χ0n) is 19.7. The highest BCUT2D eigenvalue weighted by Gasteiger charge is 2.20. The minimum atomic E-state index is -0.306. The van der Waals surface area contributed by atoms with E-state index in [2.05, 4.69) is 22.8 Å². The van der Waals surface area contributed by atoms with E-state index in [4.69, 9.17) is 9.47 Å². The number of carbonyl (C=O) groups is 2. The van der Waals surface area contributed by atoms with Crippen LogP contribution < -0.4 is 20.1 Å². The average Bonchev–Trinajstić information content (AvgIpc) is 2.76. The summed E-state index contributed by atoms with van der Waals surface area (Å²) >= 11 is 0. The Labute approximate surface area is 191 Å². The molecule has 174 valence electrons. The number of rotatable bonds is 13. The summed E-state index contributed by atoms with van der Waals surface area (Å²) in [6.45, 7) is 4.62. The van der Waals surface area contributed by atoms with Crippen molar-refractivity contribution in [3.63, 3.8) is 0 Å². The zero-order valence-corrected chi connectivity index (χ0v) is 19.7. The van der Waals surface area contributed by atoms with Crippen LogP contribution in [0.5, 0.6) is 11.5 Å². The second kappa shape index (κ2) is 12.7. The molecule has 0 spiro atoms. The number of benzene rings is 2. The quantitative estimate of drug-likeness (QED) is 0.461. The van der Waals surface area contributed by atoms with Crippen LogP contribution >= 0.6 is 0 Å². The molecular weight excluding hydrogens is 404 g/mol. The van der Waals surface area contributed by atoms with Crippen LogP contribution in [-0.4, -0.2) is 38.1 Å². The van der Waals surface area contributed by atoms with Crippen molar-refractivity contribution in [2.75, 3.05) is 20.8 Å². The van der Waals surface area contributed by atoms with Gasteiger partial charge in [0.15, 0.2) is 11.5 Å². The summed E-state index contributed by atoms with van der Waals surface area (Å²) < 4.78 is 10.5. The lowest BCUT2D eigenvalue weighted by Gasteiger charge is -2.26. The Hall–Kier alpha value is -3.02. The molecule has 32 heavy (non-hydrogen) atoms. The summed E-state index contributed by atoms with van der Waals surface area (Å²) in [5.41, 5.74) is 1.96. The Bertz CT molecular complexity index is 865. The van der Waals surface area contributed by atoms with Crippen LogP contribution in [0.3, 0.4) is 0 Å². The topological polar surface area (TPSA) is 76.7 Å². The largest absolute Gasteiger partial charge is 0.493 e. The molecule has 2 aromatic carbocycles. The van der Waals surface area contributed by atoms with Gasteiger partial charge in [0.25, 0.3) is 0 Å². The number of unbranched alkanes of at least 4 members (excludes halogenated alkanes) is 1. The van der Waals surface area contributed by atoms with Gasteiger partial charge in [-0.05, 0) is 62.8 Å². The van der Waals surface area contributed by atoms with Gasteiger partial charge in [0.1, 0.15) is 0 Å². The highest BCUT2D eigenvalue weighted by molar-refractivity contribution is 5.77. The maximum atomic E-state index is 12.3. The molecule has 6 heteroatoms. The van der Waals surface area contributed by atoms with Crippen molar-refractivity contribution >= 4 is 11.8 Å². The van der Waals surface area contributed by atoms with Crippen LogP contribution in [0.2, 0.25) is 0 Å². The Morgan fingerprint density at radius 1 is 0.844 bits per heavy atom. The zero-order chi connectivity index (χ0) is 23.4. The molecule has 0 aliphatic heterocycles. The van der Waals surface area contributed by atoms with E-state index in [1.54, 1.807) is 14.2 Å². The van der Waals surface area contributed by atoms with Crippen LogP contribution in [0.1, 0.15) is 50.7 Å².